The van der Waals surface area contributed by atoms with Crippen LogP contribution in [0.4, 0.5) is 0 Å². The second-order valence-electron chi connectivity index (χ2n) is 5.56. The summed E-state index contributed by atoms with van der Waals surface area (Å²) in [6.45, 7) is 4.70. The van der Waals surface area contributed by atoms with Crippen LogP contribution in [0.15, 0.2) is 24.3 Å². The monoisotopic (exact) mass is 345 g/mol. The van der Waals surface area contributed by atoms with Gasteiger partial charge in [0, 0.05) is 24.2 Å². The fourth-order valence-electron chi connectivity index (χ4n) is 2.70. The van der Waals surface area contributed by atoms with Crippen LogP contribution in [0.1, 0.15) is 37.8 Å². The molecular weight excluding hydrogens is 322 g/mol. The molecule has 1 aliphatic rings. The molecule has 22 heavy (non-hydrogen) atoms. The summed E-state index contributed by atoms with van der Waals surface area (Å²) in [4.78, 5) is 2.31. The Morgan fingerprint density at radius 1 is 1.27 bits per heavy atom. The molecule has 1 aromatic rings. The van der Waals surface area contributed by atoms with E-state index in [2.05, 4.69) is 14.3 Å². The van der Waals surface area contributed by atoms with E-state index >= 15 is 0 Å². The van der Waals surface area contributed by atoms with Crippen LogP contribution in [0.5, 0.6) is 0 Å². The largest absolute Gasteiger partial charge is 0.295 e. The Kier molecular flexibility index (Phi) is 6.65. The molecule has 0 amide bonds. The summed E-state index contributed by atoms with van der Waals surface area (Å²) in [6, 6.07) is 7.67. The normalized spacial score (nSPS) is 17.7. The minimum atomic E-state index is -3.45. The number of halogens is 1. The number of nitrogens with one attached hydrogen (secondary N) is 2. The molecule has 0 aromatic heterocycles. The molecule has 2 rings (SSSR count). The zero-order valence-electron chi connectivity index (χ0n) is 12.9. The molecule has 1 heterocycles. The maximum Gasteiger partial charge on any atom is 0.276 e. The molecule has 0 aliphatic carbocycles. The first kappa shape index (κ1) is 17.7. The first-order chi connectivity index (χ1) is 10.5. The zero-order valence-corrected chi connectivity index (χ0v) is 14.5. The second-order valence-corrected chi connectivity index (χ2v) is 7.58. The summed E-state index contributed by atoms with van der Waals surface area (Å²) < 4.78 is 29.1. The van der Waals surface area contributed by atoms with Gasteiger partial charge in [-0.2, -0.15) is 8.42 Å². The van der Waals surface area contributed by atoms with E-state index in [-0.39, 0.29) is 6.04 Å². The fraction of sp³-hybridized carbons (Fsp3) is 0.600. The Morgan fingerprint density at radius 3 is 2.64 bits per heavy atom. The highest BCUT2D eigenvalue weighted by Crippen LogP contribution is 2.26. The van der Waals surface area contributed by atoms with Crippen LogP contribution in [0.3, 0.4) is 0 Å². The summed E-state index contributed by atoms with van der Waals surface area (Å²) in [7, 11) is -3.45. The smallest absolute Gasteiger partial charge is 0.276 e. The lowest BCUT2D eigenvalue weighted by molar-refractivity contribution is 0.246. The predicted octanol–water partition coefficient (Wildman–Crippen LogP) is 2.31. The van der Waals surface area contributed by atoms with Crippen molar-refractivity contribution in [2.45, 2.75) is 32.2 Å². The van der Waals surface area contributed by atoms with Crippen molar-refractivity contribution in [2.75, 3.05) is 26.2 Å². The van der Waals surface area contributed by atoms with Crippen molar-refractivity contribution in [3.8, 4) is 0 Å². The third-order valence-corrected chi connectivity index (χ3v) is 5.19. The van der Waals surface area contributed by atoms with Gasteiger partial charge in [-0.05, 0) is 50.0 Å². The van der Waals surface area contributed by atoms with Crippen molar-refractivity contribution >= 4 is 21.8 Å². The molecule has 124 valence electrons. The average molecular weight is 346 g/mol. The van der Waals surface area contributed by atoms with E-state index in [4.69, 9.17) is 11.6 Å². The van der Waals surface area contributed by atoms with Gasteiger partial charge in [0.05, 0.1) is 0 Å². The predicted molar refractivity (Wildman–Crippen MR) is 90.2 cm³/mol. The van der Waals surface area contributed by atoms with Gasteiger partial charge < -0.3 is 0 Å². The van der Waals surface area contributed by atoms with Gasteiger partial charge in [0.2, 0.25) is 0 Å². The first-order valence-corrected chi connectivity index (χ1v) is 9.61. The molecule has 0 radical (unpaired) electrons. The van der Waals surface area contributed by atoms with Crippen LogP contribution < -0.4 is 9.44 Å². The van der Waals surface area contributed by atoms with Crippen molar-refractivity contribution in [2.24, 2.45) is 0 Å². The Hall–Kier alpha value is -0.660. The minimum Gasteiger partial charge on any atom is -0.295 e. The van der Waals surface area contributed by atoms with E-state index in [1.165, 1.54) is 0 Å². The number of benzene rings is 1. The highest BCUT2D eigenvalue weighted by Gasteiger charge is 2.25. The topological polar surface area (TPSA) is 61.4 Å². The summed E-state index contributed by atoms with van der Waals surface area (Å²) in [5, 5.41) is 0.675. The van der Waals surface area contributed by atoms with Gasteiger partial charge in [0.25, 0.3) is 10.2 Å². The van der Waals surface area contributed by atoms with E-state index in [1.807, 2.05) is 31.2 Å². The summed E-state index contributed by atoms with van der Waals surface area (Å²) in [5.74, 6) is 0. The molecule has 7 heteroatoms. The molecule has 2 N–H and O–H groups in total. The standard InChI is InChI=1S/C15H24ClN3O2S/c1-2-8-17-22(20,21)18-12-15(19-9-3-4-10-19)13-6-5-7-14(16)11-13/h5-7,11,15,17-18H,2-4,8-10,12H2,1H3. The molecule has 1 atom stereocenters. The van der Waals surface area contributed by atoms with Gasteiger partial charge in [-0.15, -0.1) is 0 Å². The lowest BCUT2D eigenvalue weighted by Gasteiger charge is -2.28. The Morgan fingerprint density at radius 2 is 2.00 bits per heavy atom. The maximum absolute atomic E-state index is 11.9. The van der Waals surface area contributed by atoms with Crippen LogP contribution >= 0.6 is 11.6 Å². The van der Waals surface area contributed by atoms with Crippen molar-refractivity contribution in [1.29, 1.82) is 0 Å². The number of likely N-dealkylation sites (tertiary alicyclic amines) is 1. The van der Waals surface area contributed by atoms with Gasteiger partial charge in [-0.25, -0.2) is 9.44 Å². The van der Waals surface area contributed by atoms with Crippen molar-refractivity contribution in [1.82, 2.24) is 14.3 Å². The van der Waals surface area contributed by atoms with Crippen LogP contribution in [0.2, 0.25) is 5.02 Å². The highest BCUT2D eigenvalue weighted by atomic mass is 35.5. The minimum absolute atomic E-state index is 0.0133. The van der Waals surface area contributed by atoms with E-state index in [0.717, 1.165) is 37.9 Å². The van der Waals surface area contributed by atoms with E-state index < -0.39 is 10.2 Å². The quantitative estimate of drug-likeness (QED) is 0.760. The number of hydrogen-bond acceptors (Lipinski definition) is 3. The zero-order chi connectivity index (χ0) is 16.0. The molecule has 0 spiro atoms. The molecule has 5 nitrogen and oxygen atoms in total. The molecule has 0 bridgehead atoms. The summed E-state index contributed by atoms with van der Waals surface area (Å²) in [5.41, 5.74) is 1.05. The highest BCUT2D eigenvalue weighted by molar-refractivity contribution is 7.87. The lowest BCUT2D eigenvalue weighted by Crippen LogP contribution is -2.42. The van der Waals surface area contributed by atoms with Crippen LogP contribution in [-0.2, 0) is 10.2 Å². The number of nitrogens with zero attached hydrogens (tertiary/aromatic N) is 1. The molecule has 1 aromatic carbocycles. The molecule has 0 saturated carbocycles. The van der Waals surface area contributed by atoms with Crippen molar-refractivity contribution in [3.05, 3.63) is 34.9 Å². The lowest BCUT2D eigenvalue weighted by atomic mass is 10.1. The SMILES string of the molecule is CCCNS(=O)(=O)NCC(c1cccc(Cl)c1)N1CCCC1. The van der Waals surface area contributed by atoms with Crippen molar-refractivity contribution < 1.29 is 8.42 Å². The Balaban J connectivity index is 2.08. The average Bonchev–Trinajstić information content (AvgIpc) is 2.99. The third kappa shape index (κ3) is 5.21. The first-order valence-electron chi connectivity index (χ1n) is 7.75. The number of hydrogen-bond donors (Lipinski definition) is 2. The van der Waals surface area contributed by atoms with Gasteiger partial charge in [0.15, 0.2) is 0 Å². The Bertz CT molecular complexity index is 574. The van der Waals surface area contributed by atoms with Gasteiger partial charge in [-0.1, -0.05) is 30.7 Å². The maximum atomic E-state index is 11.9. The molecule has 1 aliphatic heterocycles. The second kappa shape index (κ2) is 8.26. The number of rotatable bonds is 8. The van der Waals surface area contributed by atoms with E-state index in [9.17, 15) is 8.42 Å². The van der Waals surface area contributed by atoms with Gasteiger partial charge >= 0.3 is 0 Å². The molecule has 1 saturated heterocycles. The Labute approximate surface area is 138 Å². The summed E-state index contributed by atoms with van der Waals surface area (Å²) >= 11 is 6.08. The molecule has 1 unspecified atom stereocenters. The van der Waals surface area contributed by atoms with Crippen LogP contribution in [0, 0.1) is 0 Å². The van der Waals surface area contributed by atoms with E-state index in [0.29, 0.717) is 18.1 Å². The molecule has 1 fully saturated rings. The van der Waals surface area contributed by atoms with Crippen LogP contribution in [0.25, 0.3) is 0 Å². The van der Waals surface area contributed by atoms with Crippen molar-refractivity contribution in [3.63, 3.8) is 0 Å². The summed E-state index contributed by atoms with van der Waals surface area (Å²) in [6.07, 6.45) is 3.07. The van der Waals surface area contributed by atoms with Crippen LogP contribution in [-0.4, -0.2) is 39.5 Å². The molecular formula is C15H24ClN3O2S. The third-order valence-electron chi connectivity index (χ3n) is 3.82. The van der Waals surface area contributed by atoms with Gasteiger partial charge in [0.1, 0.15) is 0 Å². The van der Waals surface area contributed by atoms with Gasteiger partial charge in [-0.3, -0.25) is 4.90 Å². The van der Waals surface area contributed by atoms with E-state index in [1.54, 1.807) is 0 Å². The fourth-order valence-corrected chi connectivity index (χ4v) is 3.85.